The Balaban J connectivity index is 1.65. The molecule has 1 heterocycles. The molecule has 3 rings (SSSR count). The van der Waals surface area contributed by atoms with E-state index in [1.165, 1.54) is 6.42 Å². The highest BCUT2D eigenvalue weighted by Gasteiger charge is 2.33. The third-order valence-electron chi connectivity index (χ3n) is 3.88. The van der Waals surface area contributed by atoms with Gasteiger partial charge in [0.25, 0.3) is 0 Å². The lowest BCUT2D eigenvalue weighted by Gasteiger charge is -2.03. The molecule has 0 aliphatic heterocycles. The van der Waals surface area contributed by atoms with E-state index in [9.17, 15) is 4.79 Å². The predicted molar refractivity (Wildman–Crippen MR) is 72.9 cm³/mol. The van der Waals surface area contributed by atoms with Crippen molar-refractivity contribution in [2.45, 2.75) is 26.7 Å². The van der Waals surface area contributed by atoms with Gasteiger partial charge in [-0.1, -0.05) is 19.1 Å². The minimum absolute atomic E-state index is 0.164. The van der Waals surface area contributed by atoms with Crippen molar-refractivity contribution in [3.63, 3.8) is 0 Å². The topological polar surface area (TPSA) is 39.4 Å². The van der Waals surface area contributed by atoms with E-state index in [1.54, 1.807) is 6.26 Å². The van der Waals surface area contributed by atoms with Crippen molar-refractivity contribution < 1.29 is 13.9 Å². The monoisotopic (exact) mass is 258 g/mol. The van der Waals surface area contributed by atoms with Gasteiger partial charge in [0.05, 0.1) is 19.3 Å². The molecule has 19 heavy (non-hydrogen) atoms. The van der Waals surface area contributed by atoms with Crippen molar-refractivity contribution in [1.82, 2.24) is 0 Å². The van der Waals surface area contributed by atoms with Crippen LogP contribution in [0.25, 0.3) is 11.0 Å². The number of hydrogen-bond acceptors (Lipinski definition) is 3. The van der Waals surface area contributed by atoms with E-state index in [1.807, 2.05) is 25.1 Å². The number of carbonyl (C=O) groups excluding carboxylic acids is 1. The Kier molecular flexibility index (Phi) is 3.05. The van der Waals surface area contributed by atoms with Crippen LogP contribution in [0.2, 0.25) is 0 Å². The highest BCUT2D eigenvalue weighted by atomic mass is 16.5. The van der Waals surface area contributed by atoms with Crippen LogP contribution < -0.4 is 0 Å². The highest BCUT2D eigenvalue weighted by Crippen LogP contribution is 2.37. The Bertz CT molecular complexity index is 611. The fourth-order valence-corrected chi connectivity index (χ4v) is 2.37. The molecule has 1 aromatic carbocycles. The summed E-state index contributed by atoms with van der Waals surface area (Å²) in [6.07, 6.45) is 3.13. The fourth-order valence-electron chi connectivity index (χ4n) is 2.37. The molecule has 100 valence electrons. The smallest absolute Gasteiger partial charge is 0.310 e. The summed E-state index contributed by atoms with van der Waals surface area (Å²) in [5.74, 6) is 1.13. The number of furan rings is 1. The van der Waals surface area contributed by atoms with Crippen molar-refractivity contribution in [1.29, 1.82) is 0 Å². The van der Waals surface area contributed by atoms with Gasteiger partial charge in [-0.3, -0.25) is 4.79 Å². The number of carbonyl (C=O) groups is 1. The Morgan fingerprint density at radius 2 is 2.26 bits per heavy atom. The molecular formula is C16H18O3. The van der Waals surface area contributed by atoms with Crippen LogP contribution in [0, 0.1) is 18.8 Å². The van der Waals surface area contributed by atoms with Crippen LogP contribution in [-0.2, 0) is 16.0 Å². The fraction of sp³-hybridized carbons (Fsp3) is 0.438. The summed E-state index contributed by atoms with van der Waals surface area (Å²) in [5.41, 5.74) is 2.89. The van der Waals surface area contributed by atoms with E-state index in [0.717, 1.165) is 22.1 Å². The summed E-state index contributed by atoms with van der Waals surface area (Å²) in [4.78, 5) is 11.8. The summed E-state index contributed by atoms with van der Waals surface area (Å²) in [6, 6.07) is 6.01. The summed E-state index contributed by atoms with van der Waals surface area (Å²) >= 11 is 0. The van der Waals surface area contributed by atoms with E-state index in [2.05, 4.69) is 6.92 Å². The van der Waals surface area contributed by atoms with Crippen LogP contribution in [0.5, 0.6) is 0 Å². The summed E-state index contributed by atoms with van der Waals surface area (Å²) < 4.78 is 10.8. The van der Waals surface area contributed by atoms with Crippen molar-refractivity contribution in [3.8, 4) is 0 Å². The van der Waals surface area contributed by atoms with Crippen LogP contribution in [-0.4, -0.2) is 12.6 Å². The Hall–Kier alpha value is -1.77. The second-order valence-corrected chi connectivity index (χ2v) is 5.59. The van der Waals surface area contributed by atoms with Crippen LogP contribution in [0.1, 0.15) is 24.5 Å². The Morgan fingerprint density at radius 3 is 3.00 bits per heavy atom. The number of esters is 1. The van der Waals surface area contributed by atoms with E-state index in [4.69, 9.17) is 9.15 Å². The van der Waals surface area contributed by atoms with Crippen molar-refractivity contribution in [2.24, 2.45) is 11.8 Å². The average molecular weight is 258 g/mol. The number of hydrogen-bond donors (Lipinski definition) is 0. The first-order valence-corrected chi connectivity index (χ1v) is 6.76. The molecule has 1 fully saturated rings. The van der Waals surface area contributed by atoms with Crippen LogP contribution in [0.15, 0.2) is 28.9 Å². The lowest BCUT2D eigenvalue weighted by atomic mass is 10.1. The summed E-state index contributed by atoms with van der Waals surface area (Å²) in [6.45, 7) is 4.77. The van der Waals surface area contributed by atoms with Gasteiger partial charge in [-0.2, -0.15) is 0 Å². The Labute approximate surface area is 112 Å². The van der Waals surface area contributed by atoms with E-state index in [-0.39, 0.29) is 12.4 Å². The maximum atomic E-state index is 11.8. The second-order valence-electron chi connectivity index (χ2n) is 5.59. The quantitative estimate of drug-likeness (QED) is 0.788. The molecule has 2 aromatic rings. The molecule has 2 atom stereocenters. The second kappa shape index (κ2) is 4.72. The zero-order valence-electron chi connectivity index (χ0n) is 11.3. The van der Waals surface area contributed by atoms with Crippen LogP contribution in [0.3, 0.4) is 0 Å². The average Bonchev–Trinajstić information content (AvgIpc) is 2.95. The Morgan fingerprint density at radius 1 is 1.47 bits per heavy atom. The molecule has 3 nitrogen and oxygen atoms in total. The molecule has 1 saturated carbocycles. The van der Waals surface area contributed by atoms with Gasteiger partial charge >= 0.3 is 5.97 Å². The molecular weight excluding hydrogens is 240 g/mol. The molecule has 1 aliphatic rings. The third-order valence-corrected chi connectivity index (χ3v) is 3.88. The van der Waals surface area contributed by atoms with Crippen molar-refractivity contribution >= 4 is 16.9 Å². The standard InChI is InChI=1S/C16H18O3/c1-10-3-4-14-13(9-18-15(14)5-10)7-16(17)19-8-12-6-11(12)2/h3-5,9,11-12H,6-8H2,1-2H3. The minimum atomic E-state index is -0.164. The molecule has 0 spiro atoms. The lowest BCUT2D eigenvalue weighted by molar-refractivity contribution is -0.143. The van der Waals surface area contributed by atoms with E-state index >= 15 is 0 Å². The first-order valence-electron chi connectivity index (χ1n) is 6.76. The zero-order chi connectivity index (χ0) is 13.4. The van der Waals surface area contributed by atoms with Crippen molar-refractivity contribution in [2.75, 3.05) is 6.61 Å². The lowest BCUT2D eigenvalue weighted by Crippen LogP contribution is -2.10. The summed E-state index contributed by atoms with van der Waals surface area (Å²) in [5, 5.41) is 1.00. The predicted octanol–water partition coefficient (Wildman–Crippen LogP) is 3.48. The molecule has 0 N–H and O–H groups in total. The number of benzene rings is 1. The molecule has 0 amide bonds. The molecule has 2 unspecified atom stereocenters. The molecule has 1 aliphatic carbocycles. The molecule has 3 heteroatoms. The maximum Gasteiger partial charge on any atom is 0.310 e. The third kappa shape index (κ3) is 2.65. The molecule has 0 saturated heterocycles. The highest BCUT2D eigenvalue weighted by molar-refractivity contribution is 5.86. The first kappa shape index (κ1) is 12.3. The number of ether oxygens (including phenoxy) is 1. The van der Waals surface area contributed by atoms with Gasteiger partial charge in [0, 0.05) is 10.9 Å². The largest absolute Gasteiger partial charge is 0.465 e. The van der Waals surface area contributed by atoms with Crippen LogP contribution in [0.4, 0.5) is 0 Å². The van der Waals surface area contributed by atoms with Gasteiger partial charge in [-0.25, -0.2) is 0 Å². The number of rotatable bonds is 4. The maximum absolute atomic E-state index is 11.8. The van der Waals surface area contributed by atoms with Gasteiger partial charge in [0.2, 0.25) is 0 Å². The normalized spacial score (nSPS) is 21.6. The van der Waals surface area contributed by atoms with E-state index in [0.29, 0.717) is 18.4 Å². The minimum Gasteiger partial charge on any atom is -0.465 e. The van der Waals surface area contributed by atoms with Crippen molar-refractivity contribution in [3.05, 3.63) is 35.6 Å². The SMILES string of the molecule is Cc1ccc2c(CC(=O)OCC3CC3C)coc2c1. The van der Waals surface area contributed by atoms with Gasteiger partial charge in [-0.05, 0) is 36.8 Å². The summed E-state index contributed by atoms with van der Waals surface area (Å²) in [7, 11) is 0. The number of fused-ring (bicyclic) bond motifs is 1. The molecule has 1 aromatic heterocycles. The molecule has 0 bridgehead atoms. The zero-order valence-corrected chi connectivity index (χ0v) is 11.3. The van der Waals surface area contributed by atoms with Gasteiger partial charge in [0.1, 0.15) is 5.58 Å². The number of aryl methyl sites for hydroxylation is 1. The van der Waals surface area contributed by atoms with Gasteiger partial charge in [0.15, 0.2) is 0 Å². The van der Waals surface area contributed by atoms with Crippen LogP contribution >= 0.6 is 0 Å². The van der Waals surface area contributed by atoms with Gasteiger partial charge in [-0.15, -0.1) is 0 Å². The first-order chi connectivity index (χ1) is 9.13. The molecule has 0 radical (unpaired) electrons. The van der Waals surface area contributed by atoms with Gasteiger partial charge < -0.3 is 9.15 Å². The van der Waals surface area contributed by atoms with E-state index < -0.39 is 0 Å².